The minimum atomic E-state index is 0.00182. The summed E-state index contributed by atoms with van der Waals surface area (Å²) in [5.41, 5.74) is 18.7. The Kier molecular flexibility index (Phi) is 54.4. The van der Waals surface area contributed by atoms with Crippen LogP contribution in [0.15, 0.2) is 298 Å². The van der Waals surface area contributed by atoms with E-state index in [4.69, 9.17) is 85.3 Å². The van der Waals surface area contributed by atoms with Gasteiger partial charge in [-0.15, -0.1) is 0 Å². The first-order chi connectivity index (χ1) is 61.5. The average Bonchev–Trinajstić information content (AvgIpc) is 0.857. The van der Waals surface area contributed by atoms with Crippen molar-refractivity contribution < 1.29 is 85.3 Å². The zero-order valence-electron chi connectivity index (χ0n) is 75.7. The van der Waals surface area contributed by atoms with Crippen LogP contribution in [0.5, 0.6) is 23.0 Å². The number of methoxy groups -OCH3 is 5. The van der Waals surface area contributed by atoms with E-state index in [9.17, 15) is 0 Å². The lowest BCUT2D eigenvalue weighted by Crippen LogP contribution is -2.11. The monoisotopic (exact) mass is 1710 g/mol. The van der Waals surface area contributed by atoms with Crippen LogP contribution >= 0.6 is 0 Å². The molecule has 0 fully saturated rings. The molecule has 10 rings (SSSR count). The van der Waals surface area contributed by atoms with Gasteiger partial charge in [-0.25, -0.2) is 0 Å². The lowest BCUT2D eigenvalue weighted by atomic mass is 9.97. The number of aryl methyl sites for hydroxylation is 2. The van der Waals surface area contributed by atoms with Gasteiger partial charge < -0.3 is 85.3 Å². The van der Waals surface area contributed by atoms with Crippen LogP contribution in [-0.2, 0) is 66.3 Å². The van der Waals surface area contributed by atoms with Crippen LogP contribution in [0.2, 0.25) is 0 Å². The van der Waals surface area contributed by atoms with Crippen LogP contribution in [0, 0.1) is 13.8 Å². The summed E-state index contributed by atoms with van der Waals surface area (Å²) in [6, 6.07) is 89.6. The van der Waals surface area contributed by atoms with Crippen LogP contribution in [0.1, 0.15) is 121 Å². The van der Waals surface area contributed by atoms with E-state index in [0.29, 0.717) is 119 Å². The van der Waals surface area contributed by atoms with Crippen LogP contribution < -0.4 is 18.9 Å². The molecule has 0 bridgehead atoms. The lowest BCUT2D eigenvalue weighted by Gasteiger charge is -2.14. The summed E-state index contributed by atoms with van der Waals surface area (Å²) in [5, 5.41) is 0. The summed E-state index contributed by atoms with van der Waals surface area (Å²) in [5.74, 6) is 3.34. The molecule has 1 unspecified atom stereocenters. The van der Waals surface area contributed by atoms with Gasteiger partial charge in [0.05, 0.1) is 146 Å². The van der Waals surface area contributed by atoms with Gasteiger partial charge in [0.1, 0.15) is 55.5 Å². The molecule has 0 aliphatic heterocycles. The van der Waals surface area contributed by atoms with Gasteiger partial charge in [0, 0.05) is 61.4 Å². The molecular weight excluding hydrogens is 1570 g/mol. The molecule has 0 aliphatic rings. The molecule has 670 valence electrons. The highest BCUT2D eigenvalue weighted by molar-refractivity contribution is 5.83. The average molecular weight is 1710 g/mol. The molecular formula is C107H134O18. The summed E-state index contributed by atoms with van der Waals surface area (Å²) in [6.45, 7) is 27.0. The quantitative estimate of drug-likeness (QED) is 0.0261. The van der Waals surface area contributed by atoms with Crippen molar-refractivity contribution >= 4 is 27.9 Å². The van der Waals surface area contributed by atoms with E-state index in [1.807, 2.05) is 197 Å². The molecule has 18 nitrogen and oxygen atoms in total. The summed E-state index contributed by atoms with van der Waals surface area (Å²) in [6.07, 6.45) is 12.3. The Bertz CT molecular complexity index is 4440. The third kappa shape index (κ3) is 42.8. The van der Waals surface area contributed by atoms with Crippen LogP contribution in [0.3, 0.4) is 0 Å². The van der Waals surface area contributed by atoms with Crippen molar-refractivity contribution in [2.45, 2.75) is 73.8 Å². The molecule has 125 heavy (non-hydrogen) atoms. The van der Waals surface area contributed by atoms with Crippen molar-refractivity contribution in [3.8, 4) is 23.0 Å². The minimum absolute atomic E-state index is 0.00182. The van der Waals surface area contributed by atoms with Crippen LogP contribution in [-0.4, -0.2) is 180 Å². The predicted molar refractivity (Wildman–Crippen MR) is 505 cm³/mol. The SMILES string of the molecule is CCCCOCCOCCOC=C(c1ccccc1)c1ccc(OC)cc1.CCCOCCOCCOC=C(c1ccccc1)c1ccc(OC)cc1.CCOCCOCCOC=C(c1ccc(C)cc1)c1ccc(C)cc1.CCOCCOCCOC=C(c1ccccc1)c1ccc(OC)cc1.COCC(C)OC=C(c1ccccc1)c1ccc(OC)cc1. The first-order valence-corrected chi connectivity index (χ1v) is 43.2. The second-order valence-electron chi connectivity index (χ2n) is 28.1. The molecule has 0 aliphatic carbocycles. The second-order valence-corrected chi connectivity index (χ2v) is 28.1. The molecule has 1 atom stereocenters. The van der Waals surface area contributed by atoms with Gasteiger partial charge >= 0.3 is 0 Å². The Labute approximate surface area is 745 Å². The molecule has 10 aromatic rings. The van der Waals surface area contributed by atoms with Gasteiger partial charge in [0.15, 0.2) is 0 Å². The van der Waals surface area contributed by atoms with E-state index >= 15 is 0 Å². The highest BCUT2D eigenvalue weighted by Gasteiger charge is 2.13. The Hall–Kier alpha value is -11.3. The fourth-order valence-corrected chi connectivity index (χ4v) is 11.8. The van der Waals surface area contributed by atoms with Crippen molar-refractivity contribution in [1.29, 1.82) is 0 Å². The van der Waals surface area contributed by atoms with Gasteiger partial charge in [-0.05, 0) is 152 Å². The Morgan fingerprint density at radius 2 is 0.464 bits per heavy atom. The van der Waals surface area contributed by atoms with E-state index in [1.54, 1.807) is 60.6 Å². The molecule has 18 heteroatoms. The molecule has 0 saturated heterocycles. The van der Waals surface area contributed by atoms with Crippen molar-refractivity contribution in [3.05, 3.63) is 365 Å². The maximum Gasteiger partial charge on any atom is 0.118 e. The molecule has 0 N–H and O–H groups in total. The predicted octanol–water partition coefficient (Wildman–Crippen LogP) is 22.5. The van der Waals surface area contributed by atoms with E-state index in [0.717, 1.165) is 146 Å². The van der Waals surface area contributed by atoms with Gasteiger partial charge in [-0.2, -0.15) is 0 Å². The highest BCUT2D eigenvalue weighted by atomic mass is 16.6. The molecule has 0 radical (unpaired) electrons. The van der Waals surface area contributed by atoms with Crippen molar-refractivity contribution in [1.82, 2.24) is 0 Å². The third-order valence-electron chi connectivity index (χ3n) is 18.6. The van der Waals surface area contributed by atoms with E-state index in [1.165, 1.54) is 11.1 Å². The molecule has 0 heterocycles. The minimum Gasteiger partial charge on any atom is -0.498 e. The van der Waals surface area contributed by atoms with E-state index in [2.05, 4.69) is 125 Å². The Balaban J connectivity index is 0.000000242. The Morgan fingerprint density at radius 1 is 0.240 bits per heavy atom. The zero-order valence-corrected chi connectivity index (χ0v) is 75.7. The van der Waals surface area contributed by atoms with E-state index in [-0.39, 0.29) is 6.10 Å². The lowest BCUT2D eigenvalue weighted by molar-refractivity contribution is 0.0300. The first-order valence-electron chi connectivity index (χ1n) is 43.2. The second kappa shape index (κ2) is 66.3. The molecule has 10 aromatic carbocycles. The number of rotatable bonds is 53. The smallest absolute Gasteiger partial charge is 0.118 e. The molecule has 0 spiro atoms. The Morgan fingerprint density at radius 3 is 0.704 bits per heavy atom. The summed E-state index contributed by atoms with van der Waals surface area (Å²) in [4.78, 5) is 0. The fraction of sp³-hybridized carbons (Fsp3) is 0.346. The highest BCUT2D eigenvalue weighted by Crippen LogP contribution is 2.31. The largest absolute Gasteiger partial charge is 0.498 e. The molecule has 0 amide bonds. The number of hydrogen-bond donors (Lipinski definition) is 0. The van der Waals surface area contributed by atoms with Crippen molar-refractivity contribution in [3.63, 3.8) is 0 Å². The maximum absolute atomic E-state index is 5.79. The van der Waals surface area contributed by atoms with Crippen LogP contribution in [0.4, 0.5) is 0 Å². The summed E-state index contributed by atoms with van der Waals surface area (Å²) in [7, 11) is 8.33. The number of hydrogen-bond acceptors (Lipinski definition) is 18. The van der Waals surface area contributed by atoms with Crippen LogP contribution in [0.25, 0.3) is 27.9 Å². The topological polar surface area (TPSA) is 166 Å². The zero-order chi connectivity index (χ0) is 89.0. The molecule has 0 saturated carbocycles. The fourth-order valence-electron chi connectivity index (χ4n) is 11.8. The van der Waals surface area contributed by atoms with Gasteiger partial charge in [-0.3, -0.25) is 0 Å². The van der Waals surface area contributed by atoms with Gasteiger partial charge in [0.25, 0.3) is 0 Å². The molecule has 0 aromatic heterocycles. The number of unbranched alkanes of at least 4 members (excludes halogenated alkanes) is 1. The maximum atomic E-state index is 5.79. The third-order valence-corrected chi connectivity index (χ3v) is 18.6. The normalized spacial score (nSPS) is 11.5. The van der Waals surface area contributed by atoms with E-state index < -0.39 is 0 Å². The van der Waals surface area contributed by atoms with Gasteiger partial charge in [0.2, 0.25) is 0 Å². The summed E-state index contributed by atoms with van der Waals surface area (Å²) >= 11 is 0. The number of ether oxygens (including phenoxy) is 18. The van der Waals surface area contributed by atoms with Crippen molar-refractivity contribution in [2.75, 3.05) is 174 Å². The standard InChI is InChI=1S/C23H30O4.C22H28O4.C22H28O3.C21H26O4.C19H22O3/c1-3-4-14-25-15-16-26-17-18-27-19-23(20-8-6-5-7-9-20)21-10-12-22(24-2)13-11-21;1-3-13-24-14-15-25-16-17-26-18-22(19-7-5-4-6-8-19)20-9-11-21(23-2)12-10-20;1-4-23-13-14-24-15-16-25-17-22(20-9-5-18(2)6-10-20)21-11-7-19(3)8-12-21;1-3-23-13-14-24-15-16-25-17-21(18-7-5-4-6-8-18)19-9-11-20(22-2)12-10-19;1-15(13-20-2)22-14-19(16-7-5-4-6-8-16)17-9-11-18(21-3)12-10-17/h5-13,19H,3-4,14-18H2,1-2H3;4-12,18H,3,13-17H2,1-2H3;5-12,17H,4,13-16H2,1-3H3;4-12,17H,3,13-16H2,1-2H3;4-12,14-15H,13H2,1-3H3. The number of benzene rings is 10. The first kappa shape index (κ1) is 103. The summed E-state index contributed by atoms with van der Waals surface area (Å²) < 4.78 is 98.1. The van der Waals surface area contributed by atoms with Crippen molar-refractivity contribution in [2.24, 2.45) is 0 Å². The van der Waals surface area contributed by atoms with Gasteiger partial charge in [-0.1, -0.05) is 250 Å².